The van der Waals surface area contributed by atoms with Crippen molar-refractivity contribution in [2.24, 2.45) is 0 Å². The van der Waals surface area contributed by atoms with E-state index in [-0.39, 0.29) is 22.6 Å². The Bertz CT molecular complexity index is 1080. The topological polar surface area (TPSA) is 87.7 Å². The molecule has 0 aliphatic carbocycles. The van der Waals surface area contributed by atoms with Crippen LogP contribution in [0.2, 0.25) is 0 Å². The molecule has 1 aliphatic heterocycles. The first kappa shape index (κ1) is 22.6. The van der Waals surface area contributed by atoms with Crippen LogP contribution in [0.25, 0.3) is 0 Å². The Kier molecular flexibility index (Phi) is 7.09. The predicted molar refractivity (Wildman–Crippen MR) is 130 cm³/mol. The molecule has 9 heteroatoms. The van der Waals surface area contributed by atoms with E-state index in [2.05, 4.69) is 15.3 Å². The summed E-state index contributed by atoms with van der Waals surface area (Å²) in [5, 5.41) is 1.64. The number of amides is 2. The van der Waals surface area contributed by atoms with E-state index >= 15 is 0 Å². The molecule has 170 valence electrons. The van der Waals surface area contributed by atoms with Crippen molar-refractivity contribution in [3.05, 3.63) is 78.6 Å². The standard InChI is InChI=1S/C24H25N5O3S/c1-28(20-7-3-5-13-25-20)16-22(29(2)21-8-4-6-14-26-21)32-18-11-9-17(10-12-18)15-19-23(30)27-24(31)33-19/h3-14,19,22H,15-16H2,1-2H3,(H,27,30,31). The van der Waals surface area contributed by atoms with Crippen LogP contribution in [0, 0.1) is 0 Å². The minimum Gasteiger partial charge on any atom is -0.469 e. The van der Waals surface area contributed by atoms with Crippen LogP contribution < -0.4 is 19.9 Å². The molecule has 2 atom stereocenters. The van der Waals surface area contributed by atoms with Gasteiger partial charge in [-0.15, -0.1) is 0 Å². The second-order valence-electron chi connectivity index (χ2n) is 7.67. The number of nitrogens with one attached hydrogen (secondary N) is 1. The number of carbonyl (C=O) groups is 2. The molecule has 1 aromatic carbocycles. The van der Waals surface area contributed by atoms with E-state index in [1.165, 1.54) is 0 Å². The quantitative estimate of drug-likeness (QED) is 0.484. The fourth-order valence-corrected chi connectivity index (χ4v) is 4.32. The van der Waals surface area contributed by atoms with Crippen LogP contribution in [0.4, 0.5) is 16.4 Å². The average molecular weight is 464 g/mol. The molecule has 1 N–H and O–H groups in total. The second-order valence-corrected chi connectivity index (χ2v) is 8.85. The highest BCUT2D eigenvalue weighted by Gasteiger charge is 2.31. The van der Waals surface area contributed by atoms with E-state index in [0.29, 0.717) is 18.7 Å². The van der Waals surface area contributed by atoms with Crippen molar-refractivity contribution in [2.45, 2.75) is 17.9 Å². The Hall–Kier alpha value is -3.59. The number of nitrogens with zero attached hydrogens (tertiary/aromatic N) is 4. The van der Waals surface area contributed by atoms with Gasteiger partial charge in [-0.1, -0.05) is 36.0 Å². The Balaban J connectivity index is 1.48. The molecule has 0 saturated carbocycles. The first-order valence-electron chi connectivity index (χ1n) is 10.5. The van der Waals surface area contributed by atoms with E-state index < -0.39 is 0 Å². The molecule has 2 unspecified atom stereocenters. The van der Waals surface area contributed by atoms with Gasteiger partial charge in [-0.2, -0.15) is 0 Å². The number of carbonyl (C=O) groups excluding carboxylic acids is 2. The zero-order chi connectivity index (χ0) is 23.2. The molecule has 2 aromatic heterocycles. The summed E-state index contributed by atoms with van der Waals surface area (Å²) in [5.41, 5.74) is 0.963. The summed E-state index contributed by atoms with van der Waals surface area (Å²) in [6.07, 6.45) is 3.66. The molecule has 0 bridgehead atoms. The highest BCUT2D eigenvalue weighted by molar-refractivity contribution is 8.15. The summed E-state index contributed by atoms with van der Waals surface area (Å²) in [4.78, 5) is 36.1. The lowest BCUT2D eigenvalue weighted by Crippen LogP contribution is -2.45. The van der Waals surface area contributed by atoms with Crippen molar-refractivity contribution in [2.75, 3.05) is 30.4 Å². The lowest BCUT2D eigenvalue weighted by atomic mass is 10.1. The number of rotatable bonds is 9. The number of hydrogen-bond donors (Lipinski definition) is 1. The highest BCUT2D eigenvalue weighted by atomic mass is 32.2. The van der Waals surface area contributed by atoms with Gasteiger partial charge in [0.15, 0.2) is 6.23 Å². The molecular formula is C24H25N5O3S. The van der Waals surface area contributed by atoms with Gasteiger partial charge in [0.1, 0.15) is 17.4 Å². The number of imide groups is 1. The van der Waals surface area contributed by atoms with Crippen molar-refractivity contribution in [3.63, 3.8) is 0 Å². The van der Waals surface area contributed by atoms with Gasteiger partial charge in [0.2, 0.25) is 5.91 Å². The predicted octanol–water partition coefficient (Wildman–Crippen LogP) is 3.35. The van der Waals surface area contributed by atoms with Gasteiger partial charge in [-0.3, -0.25) is 14.9 Å². The minimum absolute atomic E-state index is 0.236. The Labute approximate surface area is 197 Å². The molecule has 1 fully saturated rings. The van der Waals surface area contributed by atoms with Crippen LogP contribution in [-0.2, 0) is 11.2 Å². The smallest absolute Gasteiger partial charge is 0.286 e. The molecule has 0 radical (unpaired) electrons. The SMILES string of the molecule is CN(CC(Oc1ccc(CC2SC(=O)NC2=O)cc1)N(C)c1ccccn1)c1ccccn1. The Morgan fingerprint density at radius 3 is 2.21 bits per heavy atom. The monoisotopic (exact) mass is 463 g/mol. The highest BCUT2D eigenvalue weighted by Crippen LogP contribution is 2.25. The maximum absolute atomic E-state index is 11.8. The van der Waals surface area contributed by atoms with E-state index in [4.69, 9.17) is 4.74 Å². The molecule has 33 heavy (non-hydrogen) atoms. The van der Waals surface area contributed by atoms with Gasteiger partial charge < -0.3 is 14.5 Å². The van der Waals surface area contributed by atoms with Crippen molar-refractivity contribution >= 4 is 34.5 Å². The van der Waals surface area contributed by atoms with Gasteiger partial charge >= 0.3 is 0 Å². The first-order valence-corrected chi connectivity index (χ1v) is 11.4. The number of ether oxygens (including phenoxy) is 1. The van der Waals surface area contributed by atoms with Crippen molar-refractivity contribution in [1.29, 1.82) is 0 Å². The molecule has 4 rings (SSSR count). The van der Waals surface area contributed by atoms with Crippen molar-refractivity contribution in [3.8, 4) is 5.75 Å². The zero-order valence-corrected chi connectivity index (χ0v) is 19.2. The number of benzene rings is 1. The van der Waals surface area contributed by atoms with Gasteiger partial charge in [0.25, 0.3) is 5.24 Å². The Morgan fingerprint density at radius 1 is 0.970 bits per heavy atom. The number of pyridine rings is 2. The lowest BCUT2D eigenvalue weighted by Gasteiger charge is -2.33. The summed E-state index contributed by atoms with van der Waals surface area (Å²) < 4.78 is 6.36. The second kappa shape index (κ2) is 10.4. The third-order valence-corrected chi connectivity index (χ3v) is 6.28. The zero-order valence-electron chi connectivity index (χ0n) is 18.4. The summed E-state index contributed by atoms with van der Waals surface area (Å²) in [6.45, 7) is 0.548. The molecule has 1 aliphatic rings. The maximum Gasteiger partial charge on any atom is 0.286 e. The molecule has 8 nitrogen and oxygen atoms in total. The van der Waals surface area contributed by atoms with E-state index in [1.807, 2.05) is 84.6 Å². The normalized spacial score (nSPS) is 16.2. The van der Waals surface area contributed by atoms with Gasteiger partial charge in [-0.25, -0.2) is 9.97 Å². The van der Waals surface area contributed by atoms with E-state index in [0.717, 1.165) is 29.0 Å². The third kappa shape index (κ3) is 5.81. The molecule has 0 spiro atoms. The van der Waals surface area contributed by atoms with Crippen LogP contribution in [0.15, 0.2) is 73.1 Å². The van der Waals surface area contributed by atoms with E-state index in [1.54, 1.807) is 12.4 Å². The molecule has 2 amide bonds. The van der Waals surface area contributed by atoms with Crippen LogP contribution in [0.3, 0.4) is 0 Å². The fraction of sp³-hybridized carbons (Fsp3) is 0.250. The summed E-state index contributed by atoms with van der Waals surface area (Å²) in [6, 6.07) is 19.2. The largest absolute Gasteiger partial charge is 0.469 e. The lowest BCUT2D eigenvalue weighted by molar-refractivity contribution is -0.118. The van der Waals surface area contributed by atoms with Gasteiger partial charge in [-0.05, 0) is 48.4 Å². The first-order chi connectivity index (χ1) is 16.0. The molecule has 1 saturated heterocycles. The van der Waals surface area contributed by atoms with Crippen molar-refractivity contribution in [1.82, 2.24) is 15.3 Å². The summed E-state index contributed by atoms with van der Waals surface area (Å²) in [5.74, 6) is 2.10. The molecular weight excluding hydrogens is 438 g/mol. The Morgan fingerprint density at radius 2 is 1.64 bits per heavy atom. The van der Waals surface area contributed by atoms with Crippen LogP contribution in [-0.4, -0.2) is 53.2 Å². The summed E-state index contributed by atoms with van der Waals surface area (Å²) >= 11 is 1.03. The van der Waals surface area contributed by atoms with Gasteiger partial charge in [0.05, 0.1) is 11.8 Å². The minimum atomic E-state index is -0.390. The maximum atomic E-state index is 11.8. The van der Waals surface area contributed by atoms with Crippen LogP contribution >= 0.6 is 11.8 Å². The number of hydrogen-bond acceptors (Lipinski definition) is 8. The number of aromatic nitrogens is 2. The molecule has 3 aromatic rings. The molecule has 3 heterocycles. The number of likely N-dealkylation sites (N-methyl/N-ethyl adjacent to an activating group) is 2. The van der Waals surface area contributed by atoms with Crippen molar-refractivity contribution < 1.29 is 14.3 Å². The fourth-order valence-electron chi connectivity index (χ4n) is 3.46. The third-order valence-electron chi connectivity index (χ3n) is 5.30. The average Bonchev–Trinajstić information content (AvgIpc) is 3.16. The summed E-state index contributed by atoms with van der Waals surface area (Å²) in [7, 11) is 3.92. The van der Waals surface area contributed by atoms with Gasteiger partial charge in [0, 0.05) is 26.5 Å². The van der Waals surface area contributed by atoms with Crippen LogP contribution in [0.5, 0.6) is 5.75 Å². The van der Waals surface area contributed by atoms with E-state index in [9.17, 15) is 9.59 Å². The number of anilines is 2. The van der Waals surface area contributed by atoms with Crippen LogP contribution in [0.1, 0.15) is 5.56 Å². The number of thioether (sulfide) groups is 1.